The van der Waals surface area contributed by atoms with E-state index in [1.165, 1.54) is 17.2 Å². The van der Waals surface area contributed by atoms with Crippen molar-refractivity contribution in [3.63, 3.8) is 0 Å². The largest absolute Gasteiger partial charge is 0.454 e. The summed E-state index contributed by atoms with van der Waals surface area (Å²) in [4.78, 5) is 23.7. The molecule has 0 amide bonds. The van der Waals surface area contributed by atoms with E-state index in [1.54, 1.807) is 13.0 Å². The first kappa shape index (κ1) is 17.7. The minimum absolute atomic E-state index is 0.198. The van der Waals surface area contributed by atoms with Crippen molar-refractivity contribution in [3.8, 4) is 5.69 Å². The van der Waals surface area contributed by atoms with Gasteiger partial charge in [-0.1, -0.05) is 12.1 Å². The Balaban J connectivity index is 2.30. The zero-order chi connectivity index (χ0) is 17.9. The molecule has 2 rings (SSSR count). The summed E-state index contributed by atoms with van der Waals surface area (Å²) in [6.45, 7) is 9.48. The molecule has 0 saturated heterocycles. The number of ether oxygens (including phenoxy) is 1. The van der Waals surface area contributed by atoms with Gasteiger partial charge in [-0.05, 0) is 63.9 Å². The third-order valence-electron chi connectivity index (χ3n) is 4.13. The number of aromatic nitrogens is 1. The van der Waals surface area contributed by atoms with Crippen LogP contribution in [-0.4, -0.2) is 22.9 Å². The topological polar surface area (TPSA) is 48.3 Å². The number of aryl methyl sites for hydroxylation is 3. The lowest BCUT2D eigenvalue weighted by Gasteiger charge is -2.12. The summed E-state index contributed by atoms with van der Waals surface area (Å²) in [5.74, 6) is -0.704. The van der Waals surface area contributed by atoms with Crippen LogP contribution in [-0.2, 0) is 9.53 Å². The van der Waals surface area contributed by atoms with Crippen LogP contribution in [0.3, 0.4) is 0 Å². The Bertz CT molecular complexity index is 813. The maximum Gasteiger partial charge on any atom is 0.330 e. The second-order valence-corrected chi connectivity index (χ2v) is 5.92. The lowest BCUT2D eigenvalue weighted by atomic mass is 10.1. The Morgan fingerprint density at radius 2 is 1.79 bits per heavy atom. The Morgan fingerprint density at radius 1 is 1.08 bits per heavy atom. The van der Waals surface area contributed by atoms with E-state index in [1.807, 2.05) is 30.5 Å². The van der Waals surface area contributed by atoms with E-state index < -0.39 is 5.97 Å². The Morgan fingerprint density at radius 3 is 2.42 bits per heavy atom. The lowest BCUT2D eigenvalue weighted by molar-refractivity contribution is -0.136. The molecule has 0 N–H and O–H groups in total. The maximum absolute atomic E-state index is 12.4. The molecule has 0 radical (unpaired) electrons. The smallest absolute Gasteiger partial charge is 0.330 e. The molecule has 0 aliphatic heterocycles. The molecule has 1 aromatic heterocycles. The van der Waals surface area contributed by atoms with E-state index in [2.05, 4.69) is 26.0 Å². The van der Waals surface area contributed by atoms with Crippen molar-refractivity contribution in [1.82, 2.24) is 4.57 Å². The Kier molecular flexibility index (Phi) is 5.39. The van der Waals surface area contributed by atoms with Crippen LogP contribution in [0.15, 0.2) is 36.4 Å². The summed E-state index contributed by atoms with van der Waals surface area (Å²) < 4.78 is 7.01. The number of carbonyl (C=O) groups excluding carboxylic acids is 2. The van der Waals surface area contributed by atoms with E-state index in [-0.39, 0.29) is 12.4 Å². The van der Waals surface area contributed by atoms with E-state index in [4.69, 9.17) is 4.74 Å². The van der Waals surface area contributed by atoms with E-state index in [9.17, 15) is 9.59 Å². The van der Waals surface area contributed by atoms with Crippen LogP contribution < -0.4 is 0 Å². The average molecular weight is 325 g/mol. The van der Waals surface area contributed by atoms with Gasteiger partial charge in [-0.15, -0.1) is 0 Å². The lowest BCUT2D eigenvalue weighted by Crippen LogP contribution is -2.13. The van der Waals surface area contributed by atoms with Crippen molar-refractivity contribution < 1.29 is 14.3 Å². The number of nitrogens with zero attached hydrogens (tertiary/aromatic N) is 1. The third-order valence-corrected chi connectivity index (χ3v) is 4.13. The van der Waals surface area contributed by atoms with Gasteiger partial charge in [0.05, 0.1) is 0 Å². The first-order chi connectivity index (χ1) is 11.3. The molecule has 0 saturated carbocycles. The molecule has 0 fully saturated rings. The van der Waals surface area contributed by atoms with Crippen molar-refractivity contribution in [1.29, 1.82) is 0 Å². The first-order valence-corrected chi connectivity index (χ1v) is 7.94. The predicted octanol–water partition coefficient (Wildman–Crippen LogP) is 4.01. The van der Waals surface area contributed by atoms with Gasteiger partial charge in [-0.25, -0.2) is 4.79 Å². The van der Waals surface area contributed by atoms with E-state index in [0.29, 0.717) is 5.56 Å². The molecular formula is C20H23NO3. The summed E-state index contributed by atoms with van der Waals surface area (Å²) in [5, 5.41) is 0. The molecule has 2 aromatic rings. The number of Topliss-reactive ketones (excluding diaryl/α,β-unsaturated/α-hetero) is 1. The highest BCUT2D eigenvalue weighted by atomic mass is 16.5. The molecule has 0 bridgehead atoms. The van der Waals surface area contributed by atoms with Crippen LogP contribution in [0.5, 0.6) is 0 Å². The van der Waals surface area contributed by atoms with Crippen LogP contribution in [0, 0.1) is 27.7 Å². The van der Waals surface area contributed by atoms with Gasteiger partial charge in [0.25, 0.3) is 0 Å². The second-order valence-electron chi connectivity index (χ2n) is 5.92. The molecule has 0 aliphatic rings. The van der Waals surface area contributed by atoms with E-state index >= 15 is 0 Å². The minimum atomic E-state index is -0.506. The highest BCUT2D eigenvalue weighted by Crippen LogP contribution is 2.23. The quantitative estimate of drug-likeness (QED) is 0.474. The number of esters is 1. The molecule has 4 heteroatoms. The van der Waals surface area contributed by atoms with Gasteiger partial charge in [-0.2, -0.15) is 0 Å². The minimum Gasteiger partial charge on any atom is -0.454 e. The third kappa shape index (κ3) is 3.65. The van der Waals surface area contributed by atoms with Gasteiger partial charge in [0.15, 0.2) is 6.61 Å². The number of hydrogen-bond donors (Lipinski definition) is 0. The number of rotatable bonds is 5. The monoisotopic (exact) mass is 325 g/mol. The first-order valence-electron chi connectivity index (χ1n) is 7.94. The normalized spacial score (nSPS) is 11.0. The standard InChI is InChI=1S/C20H23NO3/c1-6-7-20(23)24-12-19(22)18-11-15(4)21(16(18)5)17-9-8-13(2)14(3)10-17/h6-11H,12H2,1-5H3. The van der Waals surface area contributed by atoms with Gasteiger partial charge in [0.2, 0.25) is 5.78 Å². The SMILES string of the molecule is CC=CC(=O)OCC(=O)c1cc(C)n(-c2ccc(C)c(C)c2)c1C. The van der Waals surface area contributed by atoms with Crippen molar-refractivity contribution >= 4 is 11.8 Å². The predicted molar refractivity (Wildman–Crippen MR) is 94.8 cm³/mol. The highest BCUT2D eigenvalue weighted by Gasteiger charge is 2.18. The van der Waals surface area contributed by atoms with Gasteiger partial charge >= 0.3 is 5.97 Å². The summed E-state index contributed by atoms with van der Waals surface area (Å²) in [5.41, 5.74) is 5.86. The fraction of sp³-hybridized carbons (Fsp3) is 0.300. The molecule has 4 nitrogen and oxygen atoms in total. The van der Waals surface area contributed by atoms with Crippen LogP contribution in [0.1, 0.15) is 39.8 Å². The van der Waals surface area contributed by atoms with Gasteiger partial charge in [-0.3, -0.25) is 4.79 Å². The van der Waals surface area contributed by atoms with Crippen LogP contribution in [0.25, 0.3) is 5.69 Å². The van der Waals surface area contributed by atoms with Crippen molar-refractivity contribution in [3.05, 3.63) is 64.5 Å². The number of allylic oxidation sites excluding steroid dienone is 1. The summed E-state index contributed by atoms with van der Waals surface area (Å²) in [6.07, 6.45) is 2.88. The fourth-order valence-electron chi connectivity index (χ4n) is 2.71. The zero-order valence-electron chi connectivity index (χ0n) is 14.8. The summed E-state index contributed by atoms with van der Waals surface area (Å²) in [6, 6.07) is 8.07. The number of benzene rings is 1. The van der Waals surface area contributed by atoms with Crippen LogP contribution >= 0.6 is 0 Å². The van der Waals surface area contributed by atoms with E-state index in [0.717, 1.165) is 17.1 Å². The molecule has 126 valence electrons. The molecule has 24 heavy (non-hydrogen) atoms. The van der Waals surface area contributed by atoms with Gasteiger partial charge < -0.3 is 9.30 Å². The molecule has 0 unspecified atom stereocenters. The maximum atomic E-state index is 12.4. The van der Waals surface area contributed by atoms with Crippen LogP contribution in [0.2, 0.25) is 0 Å². The molecule has 0 atom stereocenters. The average Bonchev–Trinajstić information content (AvgIpc) is 2.83. The molecule has 1 heterocycles. The molecule has 0 aliphatic carbocycles. The summed E-state index contributed by atoms with van der Waals surface area (Å²) in [7, 11) is 0. The number of hydrogen-bond acceptors (Lipinski definition) is 3. The fourth-order valence-corrected chi connectivity index (χ4v) is 2.71. The van der Waals surface area contributed by atoms with Gasteiger partial charge in [0, 0.05) is 28.7 Å². The molecular weight excluding hydrogens is 302 g/mol. The Labute approximate surface area is 142 Å². The Hall–Kier alpha value is -2.62. The number of carbonyl (C=O) groups is 2. The van der Waals surface area contributed by atoms with Crippen LogP contribution in [0.4, 0.5) is 0 Å². The number of ketones is 1. The van der Waals surface area contributed by atoms with Gasteiger partial charge in [0.1, 0.15) is 0 Å². The summed E-state index contributed by atoms with van der Waals surface area (Å²) >= 11 is 0. The van der Waals surface area contributed by atoms with Crippen molar-refractivity contribution in [2.24, 2.45) is 0 Å². The molecule has 1 aromatic carbocycles. The zero-order valence-corrected chi connectivity index (χ0v) is 14.8. The molecule has 0 spiro atoms. The highest BCUT2D eigenvalue weighted by molar-refractivity contribution is 6.00. The second kappa shape index (κ2) is 7.30. The van der Waals surface area contributed by atoms with Crippen molar-refractivity contribution in [2.45, 2.75) is 34.6 Å². The van der Waals surface area contributed by atoms with Crippen molar-refractivity contribution in [2.75, 3.05) is 6.61 Å².